The molecule has 2 aromatic heterocycles. The topological polar surface area (TPSA) is 26.3 Å². The van der Waals surface area contributed by atoms with E-state index in [1.165, 1.54) is 44.2 Å². The van der Waals surface area contributed by atoms with Crippen molar-refractivity contribution >= 4 is 50.7 Å². The van der Waals surface area contributed by atoms with Crippen LogP contribution in [0.4, 0.5) is 0 Å². The maximum Gasteiger partial charge on any atom is -1.00 e. The summed E-state index contributed by atoms with van der Waals surface area (Å²) in [5, 5.41) is 2.34. The Labute approximate surface area is 266 Å². The van der Waals surface area contributed by atoms with Crippen molar-refractivity contribution in [3.8, 4) is 0 Å². The maximum absolute atomic E-state index is 6.57. The minimum atomic E-state index is -2.41. The molecule has 2 nitrogen and oxygen atoms in total. The van der Waals surface area contributed by atoms with Crippen molar-refractivity contribution in [1.29, 1.82) is 0 Å². The minimum absolute atomic E-state index is 0. The SMILES string of the molecule is C[Si](C)=[Zr+2]([CH]1C(c2cc3ccccc3o2)=Cc2ccccc21)[CH]1C(c2cc3ccccc3o2)=Cc2ccccc21.[Cl-].[Cl-]. The fourth-order valence-corrected chi connectivity index (χ4v) is 26.6. The first-order chi connectivity index (χ1) is 19.7. The van der Waals surface area contributed by atoms with E-state index in [1.807, 2.05) is 0 Å². The summed E-state index contributed by atoms with van der Waals surface area (Å²) in [7, 11) is 0. The summed E-state index contributed by atoms with van der Waals surface area (Å²) in [6.45, 7) is 5.13. The van der Waals surface area contributed by atoms with Crippen LogP contribution in [0.1, 0.15) is 41.0 Å². The van der Waals surface area contributed by atoms with E-state index in [2.05, 4.69) is 134 Å². The van der Waals surface area contributed by atoms with Gasteiger partial charge in [-0.05, 0) is 0 Å². The Hall–Kier alpha value is -2.88. The number of benzene rings is 4. The molecule has 206 valence electrons. The molecule has 0 aliphatic heterocycles. The van der Waals surface area contributed by atoms with E-state index >= 15 is 0 Å². The molecule has 2 aliphatic carbocycles. The Balaban J connectivity index is 0.00000158. The van der Waals surface area contributed by atoms with Crippen molar-refractivity contribution in [1.82, 2.24) is 0 Å². The maximum atomic E-state index is 6.57. The molecule has 6 heteroatoms. The van der Waals surface area contributed by atoms with Crippen molar-refractivity contribution in [2.45, 2.75) is 20.3 Å². The van der Waals surface area contributed by atoms with Gasteiger partial charge in [0.2, 0.25) is 0 Å². The Morgan fingerprint density at radius 2 is 0.952 bits per heavy atom. The Kier molecular flexibility index (Phi) is 8.11. The van der Waals surface area contributed by atoms with Gasteiger partial charge in [-0.2, -0.15) is 0 Å². The molecule has 0 bridgehead atoms. The van der Waals surface area contributed by atoms with Gasteiger partial charge in [-0.15, -0.1) is 0 Å². The molecule has 0 radical (unpaired) electrons. The van der Waals surface area contributed by atoms with Crippen molar-refractivity contribution in [2.24, 2.45) is 0 Å². The first-order valence-corrected chi connectivity index (χ1v) is 22.9. The van der Waals surface area contributed by atoms with Crippen LogP contribution in [0.3, 0.4) is 0 Å². The zero-order chi connectivity index (χ0) is 26.8. The van der Waals surface area contributed by atoms with Gasteiger partial charge in [-0.25, -0.2) is 0 Å². The Morgan fingerprint density at radius 3 is 1.38 bits per heavy atom. The monoisotopic (exact) mass is 680 g/mol. The molecule has 6 aromatic rings. The quantitative estimate of drug-likeness (QED) is 0.264. The first kappa shape index (κ1) is 29.2. The molecular formula is C36H28Cl2O2SiZr. The van der Waals surface area contributed by atoms with Crippen molar-refractivity contribution in [3.05, 3.63) is 143 Å². The predicted molar refractivity (Wildman–Crippen MR) is 164 cm³/mol. The molecule has 0 amide bonds. The third-order valence-corrected chi connectivity index (χ3v) is 27.7. The van der Waals surface area contributed by atoms with Crippen LogP contribution >= 0.6 is 0 Å². The van der Waals surface area contributed by atoms with Gasteiger partial charge >= 0.3 is 243 Å². The molecule has 2 aliphatic rings. The average Bonchev–Trinajstić information content (AvgIpc) is 3.75. The fourth-order valence-electron chi connectivity index (χ4n) is 6.74. The van der Waals surface area contributed by atoms with Crippen LogP contribution in [0.2, 0.25) is 13.1 Å². The van der Waals surface area contributed by atoms with Gasteiger partial charge in [0.05, 0.1) is 0 Å². The van der Waals surface area contributed by atoms with E-state index in [0.717, 1.165) is 22.7 Å². The number of hydrogen-bond donors (Lipinski definition) is 0. The van der Waals surface area contributed by atoms with E-state index in [9.17, 15) is 0 Å². The molecule has 0 spiro atoms. The smallest absolute Gasteiger partial charge is 1.00 e. The van der Waals surface area contributed by atoms with Gasteiger partial charge in [0.15, 0.2) is 0 Å². The summed E-state index contributed by atoms with van der Waals surface area (Å²) < 4.78 is 14.0. The van der Waals surface area contributed by atoms with Crippen molar-refractivity contribution < 1.29 is 54.0 Å². The number of halogens is 2. The zero-order valence-electron chi connectivity index (χ0n) is 23.3. The third-order valence-electron chi connectivity index (χ3n) is 8.48. The molecule has 2 unspecified atom stereocenters. The number of rotatable bonds is 4. The largest absolute Gasteiger partial charge is 1.00 e. The minimum Gasteiger partial charge on any atom is -1.00 e. The molecule has 4 aromatic carbocycles. The average molecular weight is 683 g/mol. The molecule has 42 heavy (non-hydrogen) atoms. The standard InChI is InChI=1S/2C17H11O.C2H6Si.2ClH.Zr/c2*1-2-6-13-10-15(9-12(13)5-1)17-11-14-7-3-4-8-16(14)18-17;1-3-2;;;/h2*1-11H;1-2H3;2*1H;/q;;;;;+2/p-2. The van der Waals surface area contributed by atoms with E-state index in [-0.39, 0.29) is 24.8 Å². The summed E-state index contributed by atoms with van der Waals surface area (Å²) in [6, 6.07) is 39.4. The van der Waals surface area contributed by atoms with Gasteiger partial charge in [-0.1, -0.05) is 0 Å². The van der Waals surface area contributed by atoms with Gasteiger partial charge in [0, 0.05) is 0 Å². The second-order valence-corrected chi connectivity index (χ2v) is 28.9. The summed E-state index contributed by atoms with van der Waals surface area (Å²) in [5.74, 6) is 2.06. The Bertz CT molecular complexity index is 1850. The van der Waals surface area contributed by atoms with E-state index in [0.29, 0.717) is 7.25 Å². The molecule has 0 saturated carbocycles. The van der Waals surface area contributed by atoms with Gasteiger partial charge in [0.1, 0.15) is 0 Å². The number of hydrogen-bond acceptors (Lipinski definition) is 2. The second kappa shape index (κ2) is 11.7. The van der Waals surface area contributed by atoms with Crippen LogP contribution in [0.25, 0.3) is 45.2 Å². The molecule has 2 atom stereocenters. The molecule has 0 N–H and O–H groups in total. The molecule has 2 heterocycles. The summed E-state index contributed by atoms with van der Waals surface area (Å²) in [4.78, 5) is 0. The first-order valence-electron chi connectivity index (χ1n) is 13.9. The third kappa shape index (κ3) is 4.74. The van der Waals surface area contributed by atoms with Crippen LogP contribution in [-0.2, 0) is 20.4 Å². The van der Waals surface area contributed by atoms with Crippen molar-refractivity contribution in [3.63, 3.8) is 0 Å². The number of allylic oxidation sites excluding steroid dienone is 2. The molecular weight excluding hydrogens is 655 g/mol. The van der Waals surface area contributed by atoms with Gasteiger partial charge in [0.25, 0.3) is 0 Å². The zero-order valence-corrected chi connectivity index (χ0v) is 28.2. The number of fused-ring (bicyclic) bond motifs is 4. The number of para-hydroxylation sites is 2. The molecule has 0 fully saturated rings. The predicted octanol–water partition coefficient (Wildman–Crippen LogP) is 3.95. The van der Waals surface area contributed by atoms with E-state index in [4.69, 9.17) is 8.83 Å². The summed E-state index contributed by atoms with van der Waals surface area (Å²) >= 11 is -2.41. The van der Waals surface area contributed by atoms with Crippen LogP contribution in [0.15, 0.2) is 118 Å². The van der Waals surface area contributed by atoms with Crippen molar-refractivity contribution in [2.75, 3.05) is 0 Å². The van der Waals surface area contributed by atoms with Crippen LogP contribution in [-0.4, -0.2) is 5.43 Å². The Morgan fingerprint density at radius 1 is 0.548 bits per heavy atom. The summed E-state index contributed by atoms with van der Waals surface area (Å²) in [6.07, 6.45) is 4.85. The fraction of sp³-hybridized carbons (Fsp3) is 0.111. The van der Waals surface area contributed by atoms with Gasteiger partial charge < -0.3 is 24.8 Å². The van der Waals surface area contributed by atoms with E-state index in [1.54, 1.807) is 0 Å². The van der Waals surface area contributed by atoms with E-state index < -0.39 is 25.8 Å². The summed E-state index contributed by atoms with van der Waals surface area (Å²) in [5.41, 5.74) is 9.75. The van der Waals surface area contributed by atoms with Crippen LogP contribution in [0, 0.1) is 0 Å². The number of furan rings is 2. The second-order valence-electron chi connectivity index (χ2n) is 11.1. The molecule has 8 rings (SSSR count). The normalized spacial score (nSPS) is 16.5. The van der Waals surface area contributed by atoms with Crippen LogP contribution < -0.4 is 24.8 Å². The molecule has 0 saturated heterocycles. The van der Waals surface area contributed by atoms with Gasteiger partial charge in [-0.3, -0.25) is 0 Å². The van der Waals surface area contributed by atoms with Crippen LogP contribution in [0.5, 0.6) is 0 Å².